The standard InChI is InChI=1S/C18H18ClN5OS/c19-13-5-1-2-6-14(13)21-17(25)23-9-4-10-24(12-11-23)18-22-15-7-3-8-20-16(15)26-18/h1-3,5-8H,4,9-12H2,(H,21,25). The van der Waals surface area contributed by atoms with E-state index in [1.807, 2.05) is 29.2 Å². The molecular formula is C18H18ClN5OS. The summed E-state index contributed by atoms with van der Waals surface area (Å²) in [6.07, 6.45) is 2.67. The summed E-state index contributed by atoms with van der Waals surface area (Å²) in [5.41, 5.74) is 1.56. The zero-order valence-electron chi connectivity index (χ0n) is 14.1. The summed E-state index contributed by atoms with van der Waals surface area (Å²) in [6.45, 7) is 2.96. The van der Waals surface area contributed by atoms with Gasteiger partial charge >= 0.3 is 6.03 Å². The number of anilines is 2. The number of aromatic nitrogens is 2. The second-order valence-corrected chi connectivity index (χ2v) is 7.42. The maximum Gasteiger partial charge on any atom is 0.321 e. The van der Waals surface area contributed by atoms with Gasteiger partial charge < -0.3 is 15.1 Å². The van der Waals surface area contributed by atoms with Gasteiger partial charge in [-0.25, -0.2) is 14.8 Å². The fraction of sp³-hybridized carbons (Fsp3) is 0.278. The molecule has 0 atom stereocenters. The number of nitrogens with zero attached hydrogens (tertiary/aromatic N) is 4. The molecule has 1 fully saturated rings. The van der Waals surface area contributed by atoms with Gasteiger partial charge in [0.15, 0.2) is 5.13 Å². The molecular weight excluding hydrogens is 370 g/mol. The zero-order valence-corrected chi connectivity index (χ0v) is 15.6. The summed E-state index contributed by atoms with van der Waals surface area (Å²) in [6, 6.07) is 11.0. The summed E-state index contributed by atoms with van der Waals surface area (Å²) in [7, 11) is 0. The number of amides is 2. The predicted octanol–water partition coefficient (Wildman–Crippen LogP) is 4.09. The van der Waals surface area contributed by atoms with Gasteiger partial charge in [-0.15, -0.1) is 0 Å². The van der Waals surface area contributed by atoms with Crippen LogP contribution in [0.2, 0.25) is 5.02 Å². The molecule has 0 unspecified atom stereocenters. The number of hydrogen-bond acceptors (Lipinski definition) is 5. The number of thiazole rings is 1. The highest BCUT2D eigenvalue weighted by Crippen LogP contribution is 2.28. The molecule has 1 aromatic carbocycles. The third kappa shape index (κ3) is 3.59. The molecule has 3 aromatic rings. The lowest BCUT2D eigenvalue weighted by Gasteiger charge is -2.22. The molecule has 2 aromatic heterocycles. The molecule has 4 rings (SSSR count). The first-order chi connectivity index (χ1) is 12.7. The second-order valence-electron chi connectivity index (χ2n) is 6.06. The number of carbonyl (C=O) groups excluding carboxylic acids is 1. The van der Waals surface area contributed by atoms with Crippen molar-refractivity contribution in [2.45, 2.75) is 6.42 Å². The Kier molecular flexibility index (Phi) is 4.90. The highest BCUT2D eigenvalue weighted by molar-refractivity contribution is 7.21. The van der Waals surface area contributed by atoms with Crippen molar-refractivity contribution < 1.29 is 4.79 Å². The van der Waals surface area contributed by atoms with E-state index in [1.165, 1.54) is 0 Å². The van der Waals surface area contributed by atoms with Crippen molar-refractivity contribution >= 4 is 50.1 Å². The Morgan fingerprint density at radius 3 is 2.85 bits per heavy atom. The van der Waals surface area contributed by atoms with Crippen LogP contribution in [0, 0.1) is 0 Å². The normalized spacial score (nSPS) is 15.1. The molecule has 0 radical (unpaired) electrons. The van der Waals surface area contributed by atoms with E-state index < -0.39 is 0 Å². The van der Waals surface area contributed by atoms with E-state index in [4.69, 9.17) is 11.6 Å². The maximum absolute atomic E-state index is 12.6. The Morgan fingerprint density at radius 2 is 2.00 bits per heavy atom. The van der Waals surface area contributed by atoms with Gasteiger partial charge in [0.2, 0.25) is 0 Å². The molecule has 3 heterocycles. The summed E-state index contributed by atoms with van der Waals surface area (Å²) < 4.78 is 0. The van der Waals surface area contributed by atoms with E-state index >= 15 is 0 Å². The fourth-order valence-electron chi connectivity index (χ4n) is 2.96. The van der Waals surface area contributed by atoms with Gasteiger partial charge in [0.25, 0.3) is 0 Å². The largest absolute Gasteiger partial charge is 0.346 e. The van der Waals surface area contributed by atoms with Crippen LogP contribution in [0.4, 0.5) is 15.6 Å². The first-order valence-corrected chi connectivity index (χ1v) is 9.67. The average Bonchev–Trinajstić information content (AvgIpc) is 2.92. The molecule has 1 N–H and O–H groups in total. The predicted molar refractivity (Wildman–Crippen MR) is 106 cm³/mol. The summed E-state index contributed by atoms with van der Waals surface area (Å²) in [5.74, 6) is 0. The lowest BCUT2D eigenvalue weighted by Crippen LogP contribution is -2.38. The highest BCUT2D eigenvalue weighted by Gasteiger charge is 2.21. The maximum atomic E-state index is 12.6. The van der Waals surface area contributed by atoms with E-state index in [0.29, 0.717) is 23.8 Å². The summed E-state index contributed by atoms with van der Waals surface area (Å²) in [4.78, 5) is 26.6. The van der Waals surface area contributed by atoms with E-state index in [-0.39, 0.29) is 6.03 Å². The number of fused-ring (bicyclic) bond motifs is 1. The number of para-hydroxylation sites is 1. The third-order valence-electron chi connectivity index (χ3n) is 4.32. The SMILES string of the molecule is O=C(Nc1ccccc1Cl)N1CCCN(c2nc3cccnc3s2)CC1. The molecule has 0 saturated carbocycles. The van der Waals surface area contributed by atoms with Crippen LogP contribution >= 0.6 is 22.9 Å². The number of hydrogen-bond donors (Lipinski definition) is 1. The van der Waals surface area contributed by atoms with Crippen LogP contribution < -0.4 is 10.2 Å². The van der Waals surface area contributed by atoms with Crippen LogP contribution in [0.25, 0.3) is 10.3 Å². The van der Waals surface area contributed by atoms with Crippen molar-refractivity contribution in [3.8, 4) is 0 Å². The minimum atomic E-state index is -0.120. The summed E-state index contributed by atoms with van der Waals surface area (Å²) in [5, 5.41) is 4.40. The third-order valence-corrected chi connectivity index (χ3v) is 5.69. The number of carbonyl (C=O) groups is 1. The molecule has 1 aliphatic heterocycles. The molecule has 0 spiro atoms. The van der Waals surface area contributed by atoms with Gasteiger partial charge in [-0.1, -0.05) is 35.1 Å². The van der Waals surface area contributed by atoms with Crippen LogP contribution in [0.15, 0.2) is 42.6 Å². The summed E-state index contributed by atoms with van der Waals surface area (Å²) >= 11 is 7.72. The van der Waals surface area contributed by atoms with Crippen molar-refractivity contribution in [3.63, 3.8) is 0 Å². The van der Waals surface area contributed by atoms with E-state index in [0.717, 1.165) is 35.0 Å². The fourth-order valence-corrected chi connectivity index (χ4v) is 4.11. The number of rotatable bonds is 2. The van der Waals surface area contributed by atoms with Crippen LogP contribution in [0.5, 0.6) is 0 Å². The smallest absolute Gasteiger partial charge is 0.321 e. The average molecular weight is 388 g/mol. The van der Waals surface area contributed by atoms with Gasteiger partial charge in [-0.2, -0.15) is 0 Å². The topological polar surface area (TPSA) is 61.4 Å². The Balaban J connectivity index is 1.43. The number of pyridine rings is 1. The van der Waals surface area contributed by atoms with E-state index in [9.17, 15) is 4.79 Å². The Morgan fingerprint density at radius 1 is 1.12 bits per heavy atom. The molecule has 6 nitrogen and oxygen atoms in total. The Labute approximate surface area is 160 Å². The number of urea groups is 1. The monoisotopic (exact) mass is 387 g/mol. The minimum Gasteiger partial charge on any atom is -0.346 e. The molecule has 26 heavy (non-hydrogen) atoms. The Hall–Kier alpha value is -2.38. The minimum absolute atomic E-state index is 0.120. The number of nitrogens with one attached hydrogen (secondary N) is 1. The van der Waals surface area contributed by atoms with Crippen LogP contribution in [0.1, 0.15) is 6.42 Å². The number of benzene rings is 1. The lowest BCUT2D eigenvalue weighted by atomic mass is 10.3. The van der Waals surface area contributed by atoms with Gasteiger partial charge in [-0.05, 0) is 30.7 Å². The van der Waals surface area contributed by atoms with Crippen LogP contribution in [-0.4, -0.2) is 47.1 Å². The van der Waals surface area contributed by atoms with Gasteiger partial charge in [0.05, 0.1) is 10.7 Å². The van der Waals surface area contributed by atoms with Crippen molar-refractivity contribution in [1.29, 1.82) is 0 Å². The number of halogens is 1. The van der Waals surface area contributed by atoms with Crippen molar-refractivity contribution in [3.05, 3.63) is 47.6 Å². The molecule has 0 bridgehead atoms. The molecule has 2 amide bonds. The molecule has 134 valence electrons. The first-order valence-electron chi connectivity index (χ1n) is 8.48. The molecule has 1 aliphatic rings. The van der Waals surface area contributed by atoms with E-state index in [1.54, 1.807) is 29.7 Å². The van der Waals surface area contributed by atoms with E-state index in [2.05, 4.69) is 20.2 Å². The lowest BCUT2D eigenvalue weighted by molar-refractivity contribution is 0.215. The molecule has 1 saturated heterocycles. The van der Waals surface area contributed by atoms with Crippen molar-refractivity contribution in [1.82, 2.24) is 14.9 Å². The molecule has 8 heteroatoms. The van der Waals surface area contributed by atoms with Crippen LogP contribution in [-0.2, 0) is 0 Å². The first kappa shape index (κ1) is 17.1. The van der Waals surface area contributed by atoms with Gasteiger partial charge in [-0.3, -0.25) is 0 Å². The molecule has 0 aliphatic carbocycles. The van der Waals surface area contributed by atoms with Crippen molar-refractivity contribution in [2.24, 2.45) is 0 Å². The Bertz CT molecular complexity index is 898. The second kappa shape index (κ2) is 7.47. The zero-order chi connectivity index (χ0) is 17.9. The van der Waals surface area contributed by atoms with Gasteiger partial charge in [0, 0.05) is 32.4 Å². The quantitative estimate of drug-likeness (QED) is 0.719. The van der Waals surface area contributed by atoms with Crippen molar-refractivity contribution in [2.75, 3.05) is 36.4 Å². The van der Waals surface area contributed by atoms with Crippen LogP contribution in [0.3, 0.4) is 0 Å². The van der Waals surface area contributed by atoms with Gasteiger partial charge in [0.1, 0.15) is 10.3 Å². The highest BCUT2D eigenvalue weighted by atomic mass is 35.5.